The molecule has 1 amide bonds. The van der Waals surface area contributed by atoms with Gasteiger partial charge in [0.05, 0.1) is 10.6 Å². The molecule has 1 aromatic heterocycles. The van der Waals surface area contributed by atoms with Gasteiger partial charge in [-0.2, -0.15) is 0 Å². The number of amides is 1. The Kier molecular flexibility index (Phi) is 2.82. The van der Waals surface area contributed by atoms with Crippen LogP contribution in [0.5, 0.6) is 0 Å². The lowest BCUT2D eigenvalue weighted by atomic mass is 9.96. The first-order valence-electron chi connectivity index (χ1n) is 6.43. The molecular formula is C13H18N2OS. The fourth-order valence-electron chi connectivity index (χ4n) is 2.65. The van der Waals surface area contributed by atoms with E-state index in [1.165, 1.54) is 42.6 Å². The number of rotatable bonds is 3. The molecule has 2 aliphatic carbocycles. The summed E-state index contributed by atoms with van der Waals surface area (Å²) in [7, 11) is 0. The summed E-state index contributed by atoms with van der Waals surface area (Å²) in [6, 6.07) is 0.401. The summed E-state index contributed by atoms with van der Waals surface area (Å²) in [6.45, 7) is 0. The van der Waals surface area contributed by atoms with E-state index in [0.29, 0.717) is 17.0 Å². The number of hydrogen-bond donors (Lipinski definition) is 2. The van der Waals surface area contributed by atoms with Gasteiger partial charge in [0.1, 0.15) is 0 Å². The number of nitrogens with two attached hydrogens (primary N) is 1. The summed E-state index contributed by atoms with van der Waals surface area (Å²) in [5, 5.41) is 5.82. The number of hydrogen-bond acceptors (Lipinski definition) is 3. The standard InChI is InChI=1S/C13H18N2OS/c14-12-11(13(16)15-9-5-6-9)10(7-17-12)8-3-1-2-4-8/h7-9H,1-6,14H2,(H,15,16). The third-order valence-electron chi connectivity index (χ3n) is 3.78. The van der Waals surface area contributed by atoms with Crippen LogP contribution in [0.1, 0.15) is 60.4 Å². The van der Waals surface area contributed by atoms with E-state index in [1.54, 1.807) is 0 Å². The van der Waals surface area contributed by atoms with E-state index in [9.17, 15) is 4.79 Å². The Morgan fingerprint density at radius 3 is 2.65 bits per heavy atom. The van der Waals surface area contributed by atoms with Crippen LogP contribution in [0.3, 0.4) is 0 Å². The lowest BCUT2D eigenvalue weighted by Crippen LogP contribution is -2.26. The zero-order valence-electron chi connectivity index (χ0n) is 9.87. The number of carbonyl (C=O) groups excluding carboxylic acids is 1. The Morgan fingerprint density at radius 1 is 1.29 bits per heavy atom. The summed E-state index contributed by atoms with van der Waals surface area (Å²) < 4.78 is 0. The average Bonchev–Trinajstić information content (AvgIpc) is 2.82. The van der Waals surface area contributed by atoms with Crippen LogP contribution in [-0.2, 0) is 0 Å². The Bertz CT molecular complexity index is 431. The van der Waals surface area contributed by atoms with Crippen molar-refractivity contribution < 1.29 is 4.79 Å². The third kappa shape index (κ3) is 2.18. The molecule has 2 fully saturated rings. The van der Waals surface area contributed by atoms with Gasteiger partial charge in [-0.3, -0.25) is 4.79 Å². The molecule has 0 saturated heterocycles. The van der Waals surface area contributed by atoms with Crippen LogP contribution < -0.4 is 11.1 Å². The van der Waals surface area contributed by atoms with Gasteiger partial charge in [0.25, 0.3) is 5.91 Å². The number of nitrogen functional groups attached to an aromatic ring is 1. The molecule has 0 bridgehead atoms. The summed E-state index contributed by atoms with van der Waals surface area (Å²) in [4.78, 5) is 12.2. The first-order chi connectivity index (χ1) is 8.25. The van der Waals surface area contributed by atoms with Crippen LogP contribution in [0, 0.1) is 0 Å². The van der Waals surface area contributed by atoms with Crippen molar-refractivity contribution in [3.63, 3.8) is 0 Å². The van der Waals surface area contributed by atoms with Crippen LogP contribution in [0.4, 0.5) is 5.00 Å². The summed E-state index contributed by atoms with van der Waals surface area (Å²) in [6.07, 6.45) is 7.22. The quantitative estimate of drug-likeness (QED) is 0.866. The van der Waals surface area contributed by atoms with E-state index >= 15 is 0 Å². The van der Waals surface area contributed by atoms with Crippen LogP contribution in [0.2, 0.25) is 0 Å². The number of carbonyl (C=O) groups is 1. The molecule has 17 heavy (non-hydrogen) atoms. The lowest BCUT2D eigenvalue weighted by Gasteiger charge is -2.11. The molecule has 0 atom stereocenters. The average molecular weight is 250 g/mol. The zero-order valence-corrected chi connectivity index (χ0v) is 10.7. The predicted octanol–water partition coefficient (Wildman–Crippen LogP) is 2.88. The molecular weight excluding hydrogens is 232 g/mol. The Morgan fingerprint density at radius 2 is 2.00 bits per heavy atom. The molecule has 2 saturated carbocycles. The van der Waals surface area contributed by atoms with Gasteiger partial charge < -0.3 is 11.1 Å². The van der Waals surface area contributed by atoms with Crippen LogP contribution in [0.15, 0.2) is 5.38 Å². The second-order valence-electron chi connectivity index (χ2n) is 5.16. The lowest BCUT2D eigenvalue weighted by molar-refractivity contribution is 0.0951. The molecule has 4 heteroatoms. The van der Waals surface area contributed by atoms with Crippen molar-refractivity contribution >= 4 is 22.2 Å². The van der Waals surface area contributed by atoms with E-state index in [1.807, 2.05) is 0 Å². The minimum atomic E-state index is 0.0492. The first-order valence-corrected chi connectivity index (χ1v) is 7.31. The zero-order chi connectivity index (χ0) is 11.8. The molecule has 2 aliphatic rings. The fraction of sp³-hybridized carbons (Fsp3) is 0.615. The van der Waals surface area contributed by atoms with Crippen LogP contribution >= 0.6 is 11.3 Å². The maximum atomic E-state index is 12.2. The van der Waals surface area contributed by atoms with E-state index in [2.05, 4.69) is 10.7 Å². The van der Waals surface area contributed by atoms with Crippen molar-refractivity contribution in [3.05, 3.63) is 16.5 Å². The largest absolute Gasteiger partial charge is 0.390 e. The molecule has 1 aromatic rings. The van der Waals surface area contributed by atoms with E-state index in [0.717, 1.165) is 18.4 Å². The van der Waals surface area contributed by atoms with Gasteiger partial charge in [0.2, 0.25) is 0 Å². The molecule has 3 nitrogen and oxygen atoms in total. The Balaban J connectivity index is 1.85. The highest BCUT2D eigenvalue weighted by molar-refractivity contribution is 7.14. The van der Waals surface area contributed by atoms with Crippen molar-refractivity contribution in [1.29, 1.82) is 0 Å². The van der Waals surface area contributed by atoms with Crippen LogP contribution in [0.25, 0.3) is 0 Å². The van der Waals surface area contributed by atoms with Crippen molar-refractivity contribution in [2.75, 3.05) is 5.73 Å². The second kappa shape index (κ2) is 4.33. The highest BCUT2D eigenvalue weighted by atomic mass is 32.1. The number of anilines is 1. The highest BCUT2D eigenvalue weighted by Gasteiger charge is 2.29. The molecule has 0 spiro atoms. The number of nitrogens with one attached hydrogen (secondary N) is 1. The SMILES string of the molecule is Nc1scc(C2CCCC2)c1C(=O)NC1CC1. The summed E-state index contributed by atoms with van der Waals surface area (Å²) in [5.41, 5.74) is 7.93. The smallest absolute Gasteiger partial charge is 0.254 e. The molecule has 0 aromatic carbocycles. The van der Waals surface area contributed by atoms with Gasteiger partial charge in [-0.05, 0) is 42.5 Å². The maximum Gasteiger partial charge on any atom is 0.254 e. The molecule has 0 radical (unpaired) electrons. The van der Waals surface area contributed by atoms with Gasteiger partial charge in [-0.1, -0.05) is 12.8 Å². The molecule has 0 aliphatic heterocycles. The first kappa shape index (κ1) is 11.1. The summed E-state index contributed by atoms with van der Waals surface area (Å²) >= 11 is 1.51. The maximum absolute atomic E-state index is 12.2. The molecule has 3 rings (SSSR count). The van der Waals surface area contributed by atoms with Gasteiger partial charge in [-0.15, -0.1) is 11.3 Å². The van der Waals surface area contributed by atoms with Crippen molar-refractivity contribution in [3.8, 4) is 0 Å². The van der Waals surface area contributed by atoms with E-state index in [-0.39, 0.29) is 5.91 Å². The Labute approximate surface area is 105 Å². The van der Waals surface area contributed by atoms with Crippen molar-refractivity contribution in [2.24, 2.45) is 0 Å². The highest BCUT2D eigenvalue weighted by Crippen LogP contribution is 2.40. The molecule has 92 valence electrons. The molecule has 1 heterocycles. The normalized spacial score (nSPS) is 20.7. The Hall–Kier alpha value is -1.03. The third-order valence-corrected chi connectivity index (χ3v) is 4.61. The summed E-state index contributed by atoms with van der Waals surface area (Å²) in [5.74, 6) is 0.608. The van der Waals surface area contributed by atoms with Crippen molar-refractivity contribution in [2.45, 2.75) is 50.5 Å². The molecule has 3 N–H and O–H groups in total. The van der Waals surface area contributed by atoms with Gasteiger partial charge >= 0.3 is 0 Å². The predicted molar refractivity (Wildman–Crippen MR) is 70.4 cm³/mol. The van der Waals surface area contributed by atoms with Crippen LogP contribution in [-0.4, -0.2) is 11.9 Å². The van der Waals surface area contributed by atoms with Crippen molar-refractivity contribution in [1.82, 2.24) is 5.32 Å². The van der Waals surface area contributed by atoms with Gasteiger partial charge in [0, 0.05) is 6.04 Å². The van der Waals surface area contributed by atoms with E-state index < -0.39 is 0 Å². The minimum absolute atomic E-state index is 0.0492. The molecule has 0 unspecified atom stereocenters. The second-order valence-corrected chi connectivity index (χ2v) is 6.07. The topological polar surface area (TPSA) is 55.1 Å². The monoisotopic (exact) mass is 250 g/mol. The minimum Gasteiger partial charge on any atom is -0.390 e. The number of thiophene rings is 1. The van der Waals surface area contributed by atoms with Gasteiger partial charge in [-0.25, -0.2) is 0 Å². The van der Waals surface area contributed by atoms with E-state index in [4.69, 9.17) is 5.73 Å². The van der Waals surface area contributed by atoms with Gasteiger partial charge in [0.15, 0.2) is 0 Å². The fourth-order valence-corrected chi connectivity index (χ4v) is 3.55.